The van der Waals surface area contributed by atoms with Crippen LogP contribution >= 0.6 is 11.3 Å². The molecule has 0 aromatic carbocycles. The highest BCUT2D eigenvalue weighted by Gasteiger charge is 2.42. The lowest BCUT2D eigenvalue weighted by Crippen LogP contribution is -2.61. The Labute approximate surface area is 251 Å². The van der Waals surface area contributed by atoms with Crippen LogP contribution in [0.5, 0.6) is 0 Å². The molecule has 12 nitrogen and oxygen atoms in total. The van der Waals surface area contributed by atoms with E-state index in [1.165, 1.54) is 48.6 Å². The number of thiazole rings is 1. The number of Topliss-reactive ketones (excluding diaryl/α,β-unsaturated/α-hetero) is 2. The average molecular weight is 607 g/mol. The standard InChI is InChI=1S/C24H36N6O6S.C5H10/c1-12(2)15(17(32)21-26-9-11-37-21)28-23(36)29-18(24(4,5)6)22(35)30-10-7-8-14(30)20(34)27-13(3)16(31)19(25)33;1-5-3-2-4-5/h9,11-15,18H,7-8,10H2,1-6H3,(H2,25,33)(H,27,34)(H2,28,29,36);5H,2-4H2,1H3/t13?,14-,15?,18?;/m0./s1. The van der Waals surface area contributed by atoms with Gasteiger partial charge in [-0.15, -0.1) is 11.3 Å². The van der Waals surface area contributed by atoms with Gasteiger partial charge in [0, 0.05) is 18.1 Å². The molecule has 2 aliphatic rings. The van der Waals surface area contributed by atoms with Crippen LogP contribution in [0.2, 0.25) is 0 Å². The highest BCUT2D eigenvalue weighted by molar-refractivity contribution is 7.11. The Kier molecular flexibility index (Phi) is 12.6. The summed E-state index contributed by atoms with van der Waals surface area (Å²) in [5.74, 6) is -2.65. The normalized spacial score (nSPS) is 19.0. The van der Waals surface area contributed by atoms with Gasteiger partial charge in [-0.2, -0.15) is 0 Å². The van der Waals surface area contributed by atoms with Crippen molar-refractivity contribution in [1.82, 2.24) is 25.8 Å². The minimum Gasteiger partial charge on any atom is -0.363 e. The molecule has 3 unspecified atom stereocenters. The lowest BCUT2D eigenvalue weighted by atomic mass is 9.85. The fourth-order valence-electron chi connectivity index (χ4n) is 4.65. The molecule has 2 fully saturated rings. The number of hydrogen-bond donors (Lipinski definition) is 4. The molecule has 5 N–H and O–H groups in total. The summed E-state index contributed by atoms with van der Waals surface area (Å²) >= 11 is 1.18. The van der Waals surface area contributed by atoms with Crippen molar-refractivity contribution in [2.24, 2.45) is 23.0 Å². The van der Waals surface area contributed by atoms with Crippen molar-refractivity contribution in [3.63, 3.8) is 0 Å². The van der Waals surface area contributed by atoms with Crippen LogP contribution in [0.25, 0.3) is 0 Å². The first kappa shape index (κ1) is 34.8. The number of hydrogen-bond acceptors (Lipinski definition) is 8. The number of urea groups is 1. The molecule has 0 radical (unpaired) electrons. The zero-order chi connectivity index (χ0) is 31.8. The smallest absolute Gasteiger partial charge is 0.316 e. The van der Waals surface area contributed by atoms with Gasteiger partial charge in [0.05, 0.1) is 12.1 Å². The number of nitrogens with two attached hydrogens (primary N) is 1. The van der Waals surface area contributed by atoms with Gasteiger partial charge in [0.1, 0.15) is 12.1 Å². The predicted molar refractivity (Wildman–Crippen MR) is 160 cm³/mol. The monoisotopic (exact) mass is 606 g/mol. The zero-order valence-corrected chi connectivity index (χ0v) is 26.5. The van der Waals surface area contributed by atoms with E-state index in [0.717, 1.165) is 5.92 Å². The van der Waals surface area contributed by atoms with Gasteiger partial charge in [-0.25, -0.2) is 9.78 Å². The summed E-state index contributed by atoms with van der Waals surface area (Å²) in [7, 11) is 0. The van der Waals surface area contributed by atoms with Crippen LogP contribution < -0.4 is 21.7 Å². The topological polar surface area (TPSA) is 181 Å². The van der Waals surface area contributed by atoms with Crippen LogP contribution in [0.15, 0.2) is 11.6 Å². The number of carbonyl (C=O) groups is 6. The van der Waals surface area contributed by atoms with Crippen molar-refractivity contribution in [1.29, 1.82) is 0 Å². The fraction of sp³-hybridized carbons (Fsp3) is 0.690. The van der Waals surface area contributed by atoms with Crippen molar-refractivity contribution in [3.05, 3.63) is 16.6 Å². The molecule has 1 aromatic rings. The number of primary amides is 1. The second kappa shape index (κ2) is 15.2. The Bertz CT molecular complexity index is 1130. The highest BCUT2D eigenvalue weighted by Crippen LogP contribution is 2.26. The molecule has 1 aromatic heterocycles. The minimum absolute atomic E-state index is 0.234. The van der Waals surface area contributed by atoms with Gasteiger partial charge in [0.25, 0.3) is 5.91 Å². The summed E-state index contributed by atoms with van der Waals surface area (Å²) in [5.41, 5.74) is 4.26. The molecule has 1 aliphatic heterocycles. The molecule has 5 amide bonds. The lowest BCUT2D eigenvalue weighted by molar-refractivity contribution is -0.143. The summed E-state index contributed by atoms with van der Waals surface area (Å²) < 4.78 is 0. The van der Waals surface area contributed by atoms with Crippen molar-refractivity contribution < 1.29 is 28.8 Å². The molecule has 1 aliphatic carbocycles. The first-order valence-electron chi connectivity index (χ1n) is 14.5. The number of nitrogens with zero attached hydrogens (tertiary/aromatic N) is 2. The maximum Gasteiger partial charge on any atom is 0.316 e. The van der Waals surface area contributed by atoms with E-state index in [1.807, 2.05) is 0 Å². The van der Waals surface area contributed by atoms with Gasteiger partial charge < -0.3 is 26.6 Å². The summed E-state index contributed by atoms with van der Waals surface area (Å²) in [6, 6.07) is -4.57. The van der Waals surface area contributed by atoms with Gasteiger partial charge in [0.15, 0.2) is 5.01 Å². The molecule has 0 spiro atoms. The van der Waals surface area contributed by atoms with Crippen LogP contribution in [0.4, 0.5) is 4.79 Å². The van der Waals surface area contributed by atoms with Crippen LogP contribution in [0, 0.1) is 17.3 Å². The zero-order valence-electron chi connectivity index (χ0n) is 25.7. The molecular weight excluding hydrogens is 560 g/mol. The highest BCUT2D eigenvalue weighted by atomic mass is 32.1. The van der Waals surface area contributed by atoms with E-state index in [2.05, 4.69) is 27.9 Å². The van der Waals surface area contributed by atoms with Gasteiger partial charge >= 0.3 is 6.03 Å². The van der Waals surface area contributed by atoms with Crippen LogP contribution in [0.1, 0.15) is 90.4 Å². The third-order valence-corrected chi connectivity index (χ3v) is 8.28. The quantitative estimate of drug-likeness (QED) is 0.233. The molecule has 42 heavy (non-hydrogen) atoms. The molecule has 1 saturated heterocycles. The Morgan fingerprint density at radius 2 is 1.62 bits per heavy atom. The Balaban J connectivity index is 0.00000111. The third kappa shape index (κ3) is 9.60. The van der Waals surface area contributed by atoms with E-state index in [1.54, 1.807) is 40.0 Å². The van der Waals surface area contributed by atoms with E-state index in [0.29, 0.717) is 12.8 Å². The molecule has 4 atom stereocenters. The van der Waals surface area contributed by atoms with Crippen molar-refractivity contribution >= 4 is 46.7 Å². The van der Waals surface area contributed by atoms with E-state index in [-0.39, 0.29) is 23.3 Å². The Hall–Kier alpha value is -3.35. The summed E-state index contributed by atoms with van der Waals surface area (Å²) in [6.07, 6.45) is 6.87. The van der Waals surface area contributed by atoms with Crippen molar-refractivity contribution in [2.45, 2.75) is 105 Å². The number of ketones is 2. The second-order valence-corrected chi connectivity index (χ2v) is 13.4. The predicted octanol–water partition coefficient (Wildman–Crippen LogP) is 2.42. The van der Waals surface area contributed by atoms with Gasteiger partial charge in [-0.1, -0.05) is 60.8 Å². The Morgan fingerprint density at radius 1 is 1.00 bits per heavy atom. The largest absolute Gasteiger partial charge is 0.363 e. The van der Waals surface area contributed by atoms with Crippen LogP contribution in [-0.4, -0.2) is 75.9 Å². The maximum absolute atomic E-state index is 13.6. The van der Waals surface area contributed by atoms with Crippen molar-refractivity contribution in [2.75, 3.05) is 6.54 Å². The van der Waals surface area contributed by atoms with Gasteiger partial charge in [0.2, 0.25) is 23.4 Å². The number of aromatic nitrogens is 1. The molecule has 234 valence electrons. The van der Waals surface area contributed by atoms with Gasteiger partial charge in [-0.3, -0.25) is 24.0 Å². The average Bonchev–Trinajstić information content (AvgIpc) is 3.60. The summed E-state index contributed by atoms with van der Waals surface area (Å²) in [5, 5.41) is 9.76. The number of nitrogens with one attached hydrogen (secondary N) is 3. The fourth-order valence-corrected chi connectivity index (χ4v) is 5.26. The van der Waals surface area contributed by atoms with E-state index < -0.39 is 59.1 Å². The second-order valence-electron chi connectivity index (χ2n) is 12.5. The summed E-state index contributed by atoms with van der Waals surface area (Å²) in [6.45, 7) is 12.8. The number of rotatable bonds is 10. The number of likely N-dealkylation sites (tertiary alicyclic amines) is 1. The first-order valence-corrected chi connectivity index (χ1v) is 15.4. The molecule has 13 heteroatoms. The van der Waals surface area contributed by atoms with Crippen molar-refractivity contribution in [3.8, 4) is 0 Å². The minimum atomic E-state index is -1.16. The lowest BCUT2D eigenvalue weighted by Gasteiger charge is -2.36. The molecular formula is C29H46N6O6S. The molecule has 1 saturated carbocycles. The molecule has 3 rings (SSSR count). The van der Waals surface area contributed by atoms with Crippen LogP contribution in [-0.2, 0) is 19.2 Å². The van der Waals surface area contributed by atoms with Crippen LogP contribution in [0.3, 0.4) is 0 Å². The molecule has 2 heterocycles. The third-order valence-electron chi connectivity index (χ3n) is 7.49. The molecule has 0 bridgehead atoms. The van der Waals surface area contributed by atoms with Gasteiger partial charge in [-0.05, 0) is 37.0 Å². The first-order chi connectivity index (χ1) is 19.5. The van der Waals surface area contributed by atoms with E-state index in [4.69, 9.17) is 5.73 Å². The SMILES string of the molecule is CC(NC(=O)[C@@H]1CCCN1C(=O)C(NC(=O)NC(C(=O)c1nccs1)C(C)C)C(C)(C)C)C(=O)C(N)=O.CC1CCC1. The maximum atomic E-state index is 13.6. The number of amides is 5. The number of carbonyl (C=O) groups excluding carboxylic acids is 6. The Morgan fingerprint density at radius 3 is 2.07 bits per heavy atom. The van der Waals surface area contributed by atoms with E-state index in [9.17, 15) is 28.8 Å². The van der Waals surface area contributed by atoms with E-state index >= 15 is 0 Å². The summed E-state index contributed by atoms with van der Waals surface area (Å²) in [4.78, 5) is 80.6.